The summed E-state index contributed by atoms with van der Waals surface area (Å²) in [6, 6.07) is 0. The first-order valence-corrected chi connectivity index (χ1v) is 2.54. The average molecular weight is 132 g/mol. The first-order valence-electron chi connectivity index (χ1n) is 2.54. The van der Waals surface area contributed by atoms with E-state index < -0.39 is 11.6 Å². The van der Waals surface area contributed by atoms with Gasteiger partial charge in [-0.1, -0.05) is 0 Å². The number of carbonyl (C=O) groups excluding carboxylic acids is 1. The van der Waals surface area contributed by atoms with Crippen molar-refractivity contribution >= 4 is 5.78 Å². The highest BCUT2D eigenvalue weighted by Gasteiger charge is 1.97. The lowest BCUT2D eigenvalue weighted by atomic mass is 10.4. The number of Topliss-reactive ketones (excluding diaryl/α,β-unsaturated/α-hetero) is 1. The molecule has 0 aliphatic rings. The van der Waals surface area contributed by atoms with Crippen LogP contribution in [0.1, 0.15) is 6.92 Å². The van der Waals surface area contributed by atoms with Gasteiger partial charge in [0, 0.05) is 14.0 Å². The Morgan fingerprint density at radius 3 is 2.67 bits per heavy atom. The van der Waals surface area contributed by atoms with E-state index in [9.17, 15) is 9.18 Å². The quantitative estimate of drug-likeness (QED) is 0.537. The predicted octanol–water partition coefficient (Wildman–Crippen LogP) is 1.08. The smallest absolute Gasteiger partial charge is 0.187 e. The van der Waals surface area contributed by atoms with Crippen molar-refractivity contribution in [2.45, 2.75) is 6.92 Å². The second kappa shape index (κ2) is 4.21. The zero-order valence-corrected chi connectivity index (χ0v) is 5.48. The minimum atomic E-state index is -0.739. The molecule has 0 aromatic carbocycles. The standard InChI is InChI=1S/C6H9FO2/c1-5(8)6(7)3-4-9-2/h3H,4H2,1-2H3/b6-3-. The van der Waals surface area contributed by atoms with Gasteiger partial charge in [-0.05, 0) is 6.08 Å². The van der Waals surface area contributed by atoms with Crippen LogP contribution < -0.4 is 0 Å². The fourth-order valence-electron chi connectivity index (χ4n) is 0.300. The van der Waals surface area contributed by atoms with Gasteiger partial charge < -0.3 is 4.74 Å². The third-order valence-corrected chi connectivity index (χ3v) is 0.766. The molecule has 0 unspecified atom stereocenters. The number of ketones is 1. The Balaban J connectivity index is 3.69. The van der Waals surface area contributed by atoms with Crippen molar-refractivity contribution in [3.63, 3.8) is 0 Å². The molecule has 0 radical (unpaired) electrons. The fourth-order valence-corrected chi connectivity index (χ4v) is 0.300. The van der Waals surface area contributed by atoms with E-state index in [1.807, 2.05) is 0 Å². The van der Waals surface area contributed by atoms with Crippen LogP contribution in [-0.4, -0.2) is 19.5 Å². The molecule has 3 heteroatoms. The van der Waals surface area contributed by atoms with Crippen LogP contribution >= 0.6 is 0 Å². The largest absolute Gasteiger partial charge is 0.381 e. The van der Waals surface area contributed by atoms with E-state index in [-0.39, 0.29) is 6.61 Å². The minimum absolute atomic E-state index is 0.144. The molecule has 0 fully saturated rings. The Labute approximate surface area is 53.3 Å². The maximum Gasteiger partial charge on any atom is 0.187 e. The van der Waals surface area contributed by atoms with Crippen molar-refractivity contribution in [2.24, 2.45) is 0 Å². The average Bonchev–Trinajstić information content (AvgIpc) is 1.82. The Morgan fingerprint density at radius 2 is 2.33 bits per heavy atom. The van der Waals surface area contributed by atoms with Crippen molar-refractivity contribution in [1.82, 2.24) is 0 Å². The van der Waals surface area contributed by atoms with Crippen LogP contribution in [0.15, 0.2) is 11.9 Å². The monoisotopic (exact) mass is 132 g/mol. The van der Waals surface area contributed by atoms with Crippen LogP contribution in [0.25, 0.3) is 0 Å². The first-order chi connectivity index (χ1) is 4.18. The number of ether oxygens (including phenoxy) is 1. The van der Waals surface area contributed by atoms with Gasteiger partial charge >= 0.3 is 0 Å². The van der Waals surface area contributed by atoms with Crippen molar-refractivity contribution in [2.75, 3.05) is 13.7 Å². The van der Waals surface area contributed by atoms with Crippen LogP contribution in [0, 0.1) is 0 Å². The first kappa shape index (κ1) is 8.30. The minimum Gasteiger partial charge on any atom is -0.381 e. The van der Waals surface area contributed by atoms with Gasteiger partial charge in [-0.3, -0.25) is 4.79 Å². The lowest BCUT2D eigenvalue weighted by Crippen LogP contribution is -1.92. The summed E-state index contributed by atoms with van der Waals surface area (Å²) in [5, 5.41) is 0. The number of allylic oxidation sites excluding steroid dienone is 1. The molecule has 0 saturated heterocycles. The lowest BCUT2D eigenvalue weighted by molar-refractivity contribution is -0.115. The van der Waals surface area contributed by atoms with Gasteiger partial charge in [0.1, 0.15) is 0 Å². The number of methoxy groups -OCH3 is 1. The molecule has 0 spiro atoms. The number of hydrogen-bond donors (Lipinski definition) is 0. The normalized spacial score (nSPS) is 11.7. The second-order valence-corrected chi connectivity index (χ2v) is 1.56. The fraction of sp³-hybridized carbons (Fsp3) is 0.500. The van der Waals surface area contributed by atoms with Crippen molar-refractivity contribution < 1.29 is 13.9 Å². The Hall–Kier alpha value is -0.700. The lowest BCUT2D eigenvalue weighted by Gasteiger charge is -1.88. The van der Waals surface area contributed by atoms with Gasteiger partial charge in [-0.15, -0.1) is 0 Å². The maximum atomic E-state index is 12.1. The van der Waals surface area contributed by atoms with Gasteiger partial charge in [-0.2, -0.15) is 0 Å². The molecule has 9 heavy (non-hydrogen) atoms. The summed E-state index contributed by atoms with van der Waals surface area (Å²) in [6.45, 7) is 1.31. The predicted molar refractivity (Wildman–Crippen MR) is 31.7 cm³/mol. The summed E-state index contributed by atoms with van der Waals surface area (Å²) < 4.78 is 16.6. The molecule has 0 aromatic heterocycles. The third-order valence-electron chi connectivity index (χ3n) is 0.766. The van der Waals surface area contributed by atoms with E-state index in [2.05, 4.69) is 4.74 Å². The number of carbonyl (C=O) groups is 1. The Bertz CT molecular complexity index is 129. The van der Waals surface area contributed by atoms with Gasteiger partial charge in [0.25, 0.3) is 0 Å². The van der Waals surface area contributed by atoms with Crippen LogP contribution in [-0.2, 0) is 9.53 Å². The number of halogens is 1. The molecule has 0 aliphatic heterocycles. The molecule has 0 aromatic rings. The number of rotatable bonds is 3. The highest BCUT2D eigenvalue weighted by Crippen LogP contribution is 1.95. The van der Waals surface area contributed by atoms with Gasteiger partial charge in [0.15, 0.2) is 11.6 Å². The molecule has 0 bridgehead atoms. The molecule has 0 saturated carbocycles. The van der Waals surface area contributed by atoms with E-state index in [4.69, 9.17) is 0 Å². The van der Waals surface area contributed by atoms with E-state index in [0.717, 1.165) is 6.08 Å². The highest BCUT2D eigenvalue weighted by molar-refractivity contribution is 5.90. The van der Waals surface area contributed by atoms with Crippen molar-refractivity contribution in [3.05, 3.63) is 11.9 Å². The molecule has 0 rings (SSSR count). The SMILES string of the molecule is COC/C=C(\F)C(C)=O. The van der Waals surface area contributed by atoms with E-state index in [0.29, 0.717) is 0 Å². The summed E-state index contributed by atoms with van der Waals surface area (Å²) in [5.74, 6) is -1.30. The summed E-state index contributed by atoms with van der Waals surface area (Å²) in [7, 11) is 1.43. The second-order valence-electron chi connectivity index (χ2n) is 1.56. The van der Waals surface area contributed by atoms with E-state index >= 15 is 0 Å². The van der Waals surface area contributed by atoms with Crippen LogP contribution in [0.5, 0.6) is 0 Å². The zero-order valence-electron chi connectivity index (χ0n) is 5.48. The summed E-state index contributed by atoms with van der Waals surface area (Å²) in [5.41, 5.74) is 0. The molecule has 52 valence electrons. The van der Waals surface area contributed by atoms with Crippen LogP contribution in [0.4, 0.5) is 4.39 Å². The summed E-state index contributed by atoms with van der Waals surface area (Å²) >= 11 is 0. The molecular formula is C6H9FO2. The zero-order chi connectivity index (χ0) is 7.28. The molecule has 0 aliphatic carbocycles. The Kier molecular flexibility index (Phi) is 3.88. The molecule has 0 amide bonds. The highest BCUT2D eigenvalue weighted by atomic mass is 19.1. The molecule has 0 N–H and O–H groups in total. The summed E-state index contributed by atoms with van der Waals surface area (Å²) in [6.07, 6.45) is 1.10. The van der Waals surface area contributed by atoms with Crippen molar-refractivity contribution in [3.8, 4) is 0 Å². The van der Waals surface area contributed by atoms with E-state index in [1.54, 1.807) is 0 Å². The van der Waals surface area contributed by atoms with Crippen LogP contribution in [0.2, 0.25) is 0 Å². The van der Waals surface area contributed by atoms with E-state index in [1.165, 1.54) is 14.0 Å². The van der Waals surface area contributed by atoms with Gasteiger partial charge in [0.05, 0.1) is 6.61 Å². The van der Waals surface area contributed by atoms with Crippen LogP contribution in [0.3, 0.4) is 0 Å². The molecule has 2 nitrogen and oxygen atoms in total. The topological polar surface area (TPSA) is 26.3 Å². The summed E-state index contributed by atoms with van der Waals surface area (Å²) in [4.78, 5) is 10.2. The van der Waals surface area contributed by atoms with Crippen molar-refractivity contribution in [1.29, 1.82) is 0 Å². The molecule has 0 atom stereocenters. The van der Waals surface area contributed by atoms with Gasteiger partial charge in [-0.25, -0.2) is 4.39 Å². The third kappa shape index (κ3) is 3.85. The Morgan fingerprint density at radius 1 is 1.78 bits per heavy atom. The molecular weight excluding hydrogens is 123 g/mol. The maximum absolute atomic E-state index is 12.1. The van der Waals surface area contributed by atoms with Gasteiger partial charge in [0.2, 0.25) is 0 Å². The number of hydrogen-bond acceptors (Lipinski definition) is 2. The molecule has 0 heterocycles.